The topological polar surface area (TPSA) is 117 Å². The third kappa shape index (κ3) is 5.53. The number of hydrogen-bond donors (Lipinski definition) is 1. The summed E-state index contributed by atoms with van der Waals surface area (Å²) in [6.45, 7) is 0.873. The van der Waals surface area contributed by atoms with Crippen LogP contribution in [0.4, 0.5) is 26.3 Å². The number of fused-ring (bicyclic) bond motifs is 1. The van der Waals surface area contributed by atoms with Crippen LogP contribution in [0.25, 0.3) is 11.0 Å². The molecule has 0 saturated carbocycles. The molecule has 8 nitrogen and oxygen atoms in total. The van der Waals surface area contributed by atoms with Crippen LogP contribution in [0, 0.1) is 22.7 Å². The van der Waals surface area contributed by atoms with Crippen LogP contribution in [0.3, 0.4) is 0 Å². The van der Waals surface area contributed by atoms with Gasteiger partial charge in [-0.15, -0.1) is 13.2 Å². The monoisotopic (exact) mass is 482 g/mol. The van der Waals surface area contributed by atoms with E-state index in [2.05, 4.69) is 20.3 Å². The molecule has 0 radical (unpaired) electrons. The molecule has 1 heterocycles. The zero-order chi connectivity index (χ0) is 25.3. The second-order valence-electron chi connectivity index (χ2n) is 7.20. The standard InChI is InChI=1S/C20H12F6N6O2/c1-18(9-28,29-17(33)11-2-4-14(5-3-11)34-20(24,25)26)10-32-30-15-7-13(19(21,22)23)6-12(8-27)16(15)31-32/h2-7H,10H2,1H3,(H,29,33). The lowest BCUT2D eigenvalue weighted by Gasteiger charge is -2.22. The van der Waals surface area contributed by atoms with E-state index in [-0.39, 0.29) is 22.2 Å². The molecule has 0 bridgehead atoms. The molecule has 1 amide bonds. The molecule has 34 heavy (non-hydrogen) atoms. The number of carbonyl (C=O) groups excluding carboxylic acids is 1. The summed E-state index contributed by atoms with van der Waals surface area (Å²) in [5.41, 5.74) is -3.60. The molecule has 0 fully saturated rings. The Kier molecular flexibility index (Phi) is 6.11. The van der Waals surface area contributed by atoms with Gasteiger partial charge in [0.2, 0.25) is 0 Å². The highest BCUT2D eigenvalue weighted by atomic mass is 19.4. The van der Waals surface area contributed by atoms with Crippen LogP contribution in [0.2, 0.25) is 0 Å². The van der Waals surface area contributed by atoms with Gasteiger partial charge in [0.1, 0.15) is 28.4 Å². The summed E-state index contributed by atoms with van der Waals surface area (Å²) >= 11 is 0. The van der Waals surface area contributed by atoms with Crippen molar-refractivity contribution in [3.63, 3.8) is 0 Å². The number of alkyl halides is 6. The van der Waals surface area contributed by atoms with E-state index < -0.39 is 41.8 Å². The molecule has 1 N–H and O–H groups in total. The van der Waals surface area contributed by atoms with E-state index in [1.165, 1.54) is 6.92 Å². The fourth-order valence-electron chi connectivity index (χ4n) is 2.90. The molecule has 14 heteroatoms. The van der Waals surface area contributed by atoms with E-state index >= 15 is 0 Å². The predicted molar refractivity (Wildman–Crippen MR) is 102 cm³/mol. The number of amides is 1. The van der Waals surface area contributed by atoms with Crippen molar-refractivity contribution in [3.05, 3.63) is 53.1 Å². The van der Waals surface area contributed by atoms with Crippen LogP contribution in [-0.4, -0.2) is 32.8 Å². The summed E-state index contributed by atoms with van der Waals surface area (Å²) in [7, 11) is 0. The minimum atomic E-state index is -4.91. The molecule has 0 saturated heterocycles. The number of ether oxygens (including phenoxy) is 1. The molecule has 176 valence electrons. The third-order valence-electron chi connectivity index (χ3n) is 4.42. The maximum atomic E-state index is 13.1. The van der Waals surface area contributed by atoms with Crippen molar-refractivity contribution in [3.8, 4) is 17.9 Å². The van der Waals surface area contributed by atoms with Gasteiger partial charge in [-0.05, 0) is 43.3 Å². The third-order valence-corrected chi connectivity index (χ3v) is 4.42. The van der Waals surface area contributed by atoms with Crippen molar-refractivity contribution in [2.75, 3.05) is 0 Å². The van der Waals surface area contributed by atoms with Gasteiger partial charge in [-0.25, -0.2) is 0 Å². The van der Waals surface area contributed by atoms with Gasteiger partial charge in [-0.2, -0.15) is 38.7 Å². The number of nitrogens with zero attached hydrogens (tertiary/aromatic N) is 5. The Labute approximate surface area is 186 Å². The molecule has 3 aromatic rings. The van der Waals surface area contributed by atoms with Gasteiger partial charge in [-0.3, -0.25) is 4.79 Å². The highest BCUT2D eigenvalue weighted by Crippen LogP contribution is 2.32. The first-order chi connectivity index (χ1) is 15.7. The van der Waals surface area contributed by atoms with Crippen molar-refractivity contribution in [2.24, 2.45) is 0 Å². The smallest absolute Gasteiger partial charge is 0.406 e. The number of nitrogens with one attached hydrogen (secondary N) is 1. The fourth-order valence-corrected chi connectivity index (χ4v) is 2.90. The first-order valence-corrected chi connectivity index (χ1v) is 9.19. The van der Waals surface area contributed by atoms with Gasteiger partial charge < -0.3 is 10.1 Å². The number of rotatable bonds is 5. The molecule has 2 aromatic carbocycles. The quantitative estimate of drug-likeness (QED) is 0.551. The summed E-state index contributed by atoms with van der Waals surface area (Å²) in [6, 6.07) is 8.69. The van der Waals surface area contributed by atoms with Gasteiger partial charge in [0.15, 0.2) is 0 Å². The Morgan fingerprint density at radius 3 is 2.26 bits per heavy atom. The summed E-state index contributed by atoms with van der Waals surface area (Å²) in [5, 5.41) is 28.9. The van der Waals surface area contributed by atoms with Crippen LogP contribution < -0.4 is 10.1 Å². The Bertz CT molecular complexity index is 1320. The Balaban J connectivity index is 1.83. The molecule has 0 aliphatic heterocycles. The molecule has 1 aromatic heterocycles. The average molecular weight is 482 g/mol. The summed E-state index contributed by atoms with van der Waals surface area (Å²) in [6.07, 6.45) is -9.63. The number of nitriles is 2. The average Bonchev–Trinajstić information content (AvgIpc) is 3.13. The Morgan fingerprint density at radius 1 is 1.09 bits per heavy atom. The van der Waals surface area contributed by atoms with Crippen molar-refractivity contribution in [2.45, 2.75) is 31.5 Å². The largest absolute Gasteiger partial charge is 0.573 e. The van der Waals surface area contributed by atoms with Gasteiger partial charge in [-0.1, -0.05) is 0 Å². The fraction of sp³-hybridized carbons (Fsp3) is 0.250. The predicted octanol–water partition coefficient (Wildman–Crippen LogP) is 3.93. The molecule has 0 aliphatic rings. The van der Waals surface area contributed by atoms with Crippen LogP contribution >= 0.6 is 0 Å². The number of carbonyl (C=O) groups is 1. The number of benzene rings is 2. The van der Waals surface area contributed by atoms with E-state index in [1.807, 2.05) is 6.07 Å². The molecule has 3 rings (SSSR count). The molecule has 0 aliphatic carbocycles. The first-order valence-electron chi connectivity index (χ1n) is 9.19. The SMILES string of the molecule is CC(C#N)(Cn1nc2cc(C(F)(F)F)cc(C#N)c2n1)NC(=O)c1ccc(OC(F)(F)F)cc1. The van der Waals surface area contributed by atoms with Gasteiger partial charge in [0, 0.05) is 5.56 Å². The molecular formula is C20H12F6N6O2. The maximum absolute atomic E-state index is 13.1. The molecule has 0 spiro atoms. The van der Waals surface area contributed by atoms with Crippen molar-refractivity contribution < 1.29 is 35.9 Å². The number of halogens is 6. The highest BCUT2D eigenvalue weighted by Gasteiger charge is 2.34. The van der Waals surface area contributed by atoms with Crippen LogP contribution in [0.15, 0.2) is 36.4 Å². The van der Waals surface area contributed by atoms with E-state index in [0.717, 1.165) is 29.1 Å². The van der Waals surface area contributed by atoms with E-state index in [0.29, 0.717) is 12.1 Å². The number of hydrogen-bond acceptors (Lipinski definition) is 6. The highest BCUT2D eigenvalue weighted by molar-refractivity contribution is 5.95. The summed E-state index contributed by atoms with van der Waals surface area (Å²) in [4.78, 5) is 13.4. The lowest BCUT2D eigenvalue weighted by atomic mass is 10.0. The van der Waals surface area contributed by atoms with Crippen LogP contribution in [0.1, 0.15) is 28.4 Å². The van der Waals surface area contributed by atoms with Crippen LogP contribution in [-0.2, 0) is 12.7 Å². The summed E-state index contributed by atoms with van der Waals surface area (Å²) < 4.78 is 79.7. The lowest BCUT2D eigenvalue weighted by molar-refractivity contribution is -0.274. The summed E-state index contributed by atoms with van der Waals surface area (Å²) in [5.74, 6) is -1.37. The van der Waals surface area contributed by atoms with Gasteiger partial charge in [0.05, 0.1) is 23.7 Å². The normalized spacial score (nSPS) is 13.6. The Hall–Kier alpha value is -4.33. The second-order valence-corrected chi connectivity index (χ2v) is 7.20. The van der Waals surface area contributed by atoms with Crippen molar-refractivity contribution >= 4 is 16.9 Å². The molecule has 1 atom stereocenters. The minimum absolute atomic E-state index is 0.0869. The Morgan fingerprint density at radius 2 is 1.74 bits per heavy atom. The first kappa shape index (κ1) is 24.3. The second kappa shape index (κ2) is 8.55. The van der Waals surface area contributed by atoms with E-state index in [1.54, 1.807) is 6.07 Å². The molecular weight excluding hydrogens is 470 g/mol. The van der Waals surface area contributed by atoms with Gasteiger partial charge >= 0.3 is 12.5 Å². The van der Waals surface area contributed by atoms with Crippen LogP contribution in [0.5, 0.6) is 5.75 Å². The zero-order valence-corrected chi connectivity index (χ0v) is 17.0. The maximum Gasteiger partial charge on any atom is 0.573 e. The van der Waals surface area contributed by atoms with E-state index in [9.17, 15) is 36.4 Å². The minimum Gasteiger partial charge on any atom is -0.406 e. The molecule has 1 unspecified atom stereocenters. The lowest BCUT2D eigenvalue weighted by Crippen LogP contribution is -2.48. The zero-order valence-electron chi connectivity index (χ0n) is 17.0. The van der Waals surface area contributed by atoms with Gasteiger partial charge in [0.25, 0.3) is 5.91 Å². The van der Waals surface area contributed by atoms with Crippen molar-refractivity contribution in [1.82, 2.24) is 20.3 Å². The van der Waals surface area contributed by atoms with Crippen molar-refractivity contribution in [1.29, 1.82) is 10.5 Å². The van der Waals surface area contributed by atoms with E-state index in [4.69, 9.17) is 5.26 Å². The number of aromatic nitrogens is 3.